The smallest absolute Gasteiger partial charge is 0.262 e. The minimum Gasteiger partial charge on any atom is -0.482 e. The Morgan fingerprint density at radius 2 is 2.04 bits per heavy atom. The van der Waals surface area contributed by atoms with Crippen molar-refractivity contribution >= 4 is 22.9 Å². The number of thiazole rings is 1. The molecule has 0 atom stereocenters. The van der Waals surface area contributed by atoms with Crippen LogP contribution in [0, 0.1) is 12.7 Å². The van der Waals surface area contributed by atoms with E-state index >= 15 is 0 Å². The van der Waals surface area contributed by atoms with Gasteiger partial charge in [0.1, 0.15) is 16.6 Å². The fourth-order valence-electron chi connectivity index (χ4n) is 2.56. The number of nitrogens with zero attached hydrogens (tertiary/aromatic N) is 1. The van der Waals surface area contributed by atoms with Gasteiger partial charge in [-0.1, -0.05) is 0 Å². The van der Waals surface area contributed by atoms with Gasteiger partial charge in [-0.25, -0.2) is 9.37 Å². The highest BCUT2D eigenvalue weighted by Gasteiger charge is 2.17. The first kappa shape index (κ1) is 14.8. The minimum absolute atomic E-state index is 0.0388. The number of hydrogen-bond donors (Lipinski definition) is 1. The molecule has 0 bridgehead atoms. The van der Waals surface area contributed by atoms with Gasteiger partial charge in [-0.3, -0.25) is 4.79 Å². The van der Waals surface area contributed by atoms with Gasteiger partial charge in [0.15, 0.2) is 6.61 Å². The standard InChI is InChI=1S/C18H13FN2O2S/c1-10-6-12(2-4-13(10)19)18-21-15(9-24-18)11-3-5-16-14(7-11)20-17(22)8-23-16/h2-7,9H,8H2,1H3,(H,20,22). The van der Waals surface area contributed by atoms with Gasteiger partial charge >= 0.3 is 0 Å². The summed E-state index contributed by atoms with van der Waals surface area (Å²) in [6.45, 7) is 1.77. The van der Waals surface area contributed by atoms with Gasteiger partial charge in [-0.05, 0) is 48.9 Å². The Kier molecular flexibility index (Phi) is 3.54. The zero-order chi connectivity index (χ0) is 16.7. The SMILES string of the molecule is Cc1cc(-c2nc(-c3ccc4c(c3)NC(=O)CO4)cs2)ccc1F. The average Bonchev–Trinajstić information content (AvgIpc) is 3.06. The summed E-state index contributed by atoms with van der Waals surface area (Å²) in [5.74, 6) is 0.268. The van der Waals surface area contributed by atoms with Gasteiger partial charge in [0.25, 0.3) is 5.91 Å². The van der Waals surface area contributed by atoms with E-state index in [1.54, 1.807) is 19.1 Å². The second kappa shape index (κ2) is 5.72. The molecule has 1 amide bonds. The summed E-state index contributed by atoms with van der Waals surface area (Å²) in [6, 6.07) is 10.6. The molecule has 0 radical (unpaired) electrons. The molecule has 6 heteroatoms. The highest BCUT2D eigenvalue weighted by Crippen LogP contribution is 2.35. The Balaban J connectivity index is 1.69. The molecule has 0 saturated carbocycles. The van der Waals surface area contributed by atoms with E-state index in [1.165, 1.54) is 17.4 Å². The second-order valence-corrected chi connectivity index (χ2v) is 6.41. The van der Waals surface area contributed by atoms with Gasteiger partial charge in [0.2, 0.25) is 0 Å². The van der Waals surface area contributed by atoms with Crippen molar-refractivity contribution in [2.75, 3.05) is 11.9 Å². The maximum atomic E-state index is 13.4. The molecular weight excluding hydrogens is 327 g/mol. The zero-order valence-electron chi connectivity index (χ0n) is 12.8. The van der Waals surface area contributed by atoms with E-state index in [-0.39, 0.29) is 18.3 Å². The predicted octanol–water partition coefficient (Wildman–Crippen LogP) is 4.26. The van der Waals surface area contributed by atoms with E-state index < -0.39 is 0 Å². The highest BCUT2D eigenvalue weighted by atomic mass is 32.1. The summed E-state index contributed by atoms with van der Waals surface area (Å²) in [7, 11) is 0. The van der Waals surface area contributed by atoms with Crippen molar-refractivity contribution in [2.45, 2.75) is 6.92 Å². The molecule has 120 valence electrons. The number of hydrogen-bond acceptors (Lipinski definition) is 4. The quantitative estimate of drug-likeness (QED) is 0.758. The second-order valence-electron chi connectivity index (χ2n) is 5.55. The van der Waals surface area contributed by atoms with Crippen LogP contribution in [0.1, 0.15) is 5.56 Å². The predicted molar refractivity (Wildman–Crippen MR) is 91.8 cm³/mol. The minimum atomic E-state index is -0.221. The molecule has 0 spiro atoms. The molecule has 2 heterocycles. The van der Waals surface area contributed by atoms with Crippen molar-refractivity contribution in [3.63, 3.8) is 0 Å². The van der Waals surface area contributed by atoms with Crippen LogP contribution in [-0.2, 0) is 4.79 Å². The van der Waals surface area contributed by atoms with Gasteiger partial charge in [-0.15, -0.1) is 11.3 Å². The monoisotopic (exact) mass is 340 g/mol. The third-order valence-electron chi connectivity index (χ3n) is 3.82. The maximum Gasteiger partial charge on any atom is 0.262 e. The fraction of sp³-hybridized carbons (Fsp3) is 0.111. The van der Waals surface area contributed by atoms with E-state index in [2.05, 4.69) is 10.3 Å². The van der Waals surface area contributed by atoms with E-state index in [1.807, 2.05) is 23.6 Å². The number of carbonyl (C=O) groups is 1. The van der Waals surface area contributed by atoms with Crippen LogP contribution < -0.4 is 10.1 Å². The third-order valence-corrected chi connectivity index (χ3v) is 4.71. The van der Waals surface area contributed by atoms with Crippen LogP contribution in [-0.4, -0.2) is 17.5 Å². The molecule has 0 unspecified atom stereocenters. The van der Waals surface area contributed by atoms with Gasteiger partial charge in [-0.2, -0.15) is 0 Å². The number of carbonyl (C=O) groups excluding carboxylic acids is 1. The van der Waals surface area contributed by atoms with Crippen molar-refractivity contribution in [1.29, 1.82) is 0 Å². The molecule has 0 saturated heterocycles. The van der Waals surface area contributed by atoms with Crippen LogP contribution in [0.25, 0.3) is 21.8 Å². The molecule has 4 nitrogen and oxygen atoms in total. The van der Waals surface area contributed by atoms with Crippen LogP contribution in [0.3, 0.4) is 0 Å². The van der Waals surface area contributed by atoms with Crippen LogP contribution in [0.2, 0.25) is 0 Å². The highest BCUT2D eigenvalue weighted by molar-refractivity contribution is 7.13. The summed E-state index contributed by atoms with van der Waals surface area (Å²) in [5.41, 5.74) is 3.83. The number of benzene rings is 2. The number of rotatable bonds is 2. The van der Waals surface area contributed by atoms with Crippen LogP contribution in [0.5, 0.6) is 5.75 Å². The van der Waals surface area contributed by atoms with Gasteiger partial charge in [0, 0.05) is 16.5 Å². The number of fused-ring (bicyclic) bond motifs is 1. The molecule has 1 aliphatic rings. The summed E-state index contributed by atoms with van der Waals surface area (Å²) in [6.07, 6.45) is 0. The lowest BCUT2D eigenvalue weighted by molar-refractivity contribution is -0.118. The van der Waals surface area contributed by atoms with Crippen molar-refractivity contribution in [3.05, 3.63) is 53.2 Å². The van der Waals surface area contributed by atoms with Crippen LogP contribution in [0.15, 0.2) is 41.8 Å². The third kappa shape index (κ3) is 2.65. The van der Waals surface area contributed by atoms with Gasteiger partial charge < -0.3 is 10.1 Å². The Bertz CT molecular complexity index is 952. The molecule has 0 aliphatic carbocycles. The molecule has 4 rings (SSSR count). The lowest BCUT2D eigenvalue weighted by Crippen LogP contribution is -2.25. The zero-order valence-corrected chi connectivity index (χ0v) is 13.6. The Labute approximate surface area is 141 Å². The molecule has 1 aromatic heterocycles. The molecule has 3 aromatic rings. The van der Waals surface area contributed by atoms with E-state index in [0.717, 1.165) is 21.8 Å². The number of halogens is 1. The van der Waals surface area contributed by atoms with Crippen molar-refractivity contribution in [1.82, 2.24) is 4.98 Å². The molecule has 2 aromatic carbocycles. The first-order valence-electron chi connectivity index (χ1n) is 7.39. The first-order chi connectivity index (χ1) is 11.6. The average molecular weight is 340 g/mol. The van der Waals surface area contributed by atoms with Crippen LogP contribution >= 0.6 is 11.3 Å². The van der Waals surface area contributed by atoms with Crippen LogP contribution in [0.4, 0.5) is 10.1 Å². The maximum absolute atomic E-state index is 13.4. The summed E-state index contributed by atoms with van der Waals surface area (Å²) < 4.78 is 18.8. The van der Waals surface area contributed by atoms with Crippen molar-refractivity contribution in [2.24, 2.45) is 0 Å². The summed E-state index contributed by atoms with van der Waals surface area (Å²) in [5, 5.41) is 5.56. The van der Waals surface area contributed by atoms with E-state index in [9.17, 15) is 9.18 Å². The Hall–Kier alpha value is -2.73. The molecule has 24 heavy (non-hydrogen) atoms. The van der Waals surface area contributed by atoms with E-state index in [0.29, 0.717) is 17.0 Å². The lowest BCUT2D eigenvalue weighted by atomic mass is 10.1. The molecule has 1 aliphatic heterocycles. The number of aryl methyl sites for hydroxylation is 1. The fourth-order valence-corrected chi connectivity index (χ4v) is 3.39. The Morgan fingerprint density at radius 1 is 1.21 bits per heavy atom. The number of aromatic nitrogens is 1. The molecule has 1 N–H and O–H groups in total. The Morgan fingerprint density at radius 3 is 2.88 bits per heavy atom. The number of ether oxygens (including phenoxy) is 1. The van der Waals surface area contributed by atoms with Crippen molar-refractivity contribution in [3.8, 4) is 27.6 Å². The van der Waals surface area contributed by atoms with E-state index in [4.69, 9.17) is 4.74 Å². The summed E-state index contributed by atoms with van der Waals surface area (Å²) >= 11 is 1.50. The number of nitrogens with one attached hydrogen (secondary N) is 1. The topological polar surface area (TPSA) is 51.2 Å². The largest absolute Gasteiger partial charge is 0.482 e. The number of anilines is 1. The first-order valence-corrected chi connectivity index (χ1v) is 8.27. The van der Waals surface area contributed by atoms with Gasteiger partial charge in [0.05, 0.1) is 11.4 Å². The number of amides is 1. The lowest BCUT2D eigenvalue weighted by Gasteiger charge is -2.18. The normalized spacial score (nSPS) is 13.2. The molecule has 0 fully saturated rings. The summed E-state index contributed by atoms with van der Waals surface area (Å²) in [4.78, 5) is 16.1. The molecular formula is C18H13FN2O2S. The van der Waals surface area contributed by atoms with Crippen molar-refractivity contribution < 1.29 is 13.9 Å².